The molecular formula is C20H21N3O. The van der Waals surface area contributed by atoms with E-state index in [0.717, 1.165) is 23.9 Å². The van der Waals surface area contributed by atoms with Crippen LogP contribution in [0.15, 0.2) is 54.7 Å². The van der Waals surface area contributed by atoms with Crippen LogP contribution in [0.2, 0.25) is 0 Å². The molecule has 4 nitrogen and oxygen atoms in total. The van der Waals surface area contributed by atoms with E-state index in [4.69, 9.17) is 0 Å². The SMILES string of the molecule is O=C(NCC1(Cc2ccccc2)CCC1)c1cccc2cn[nH]c12. The molecule has 24 heavy (non-hydrogen) atoms. The van der Waals surface area contributed by atoms with Crippen LogP contribution in [0.5, 0.6) is 0 Å². The van der Waals surface area contributed by atoms with E-state index in [0.29, 0.717) is 5.56 Å². The first-order valence-electron chi connectivity index (χ1n) is 8.50. The fourth-order valence-corrected chi connectivity index (χ4v) is 3.64. The molecule has 0 aliphatic heterocycles. The highest BCUT2D eigenvalue weighted by molar-refractivity contribution is 6.05. The van der Waals surface area contributed by atoms with Crippen molar-refractivity contribution in [2.75, 3.05) is 6.54 Å². The summed E-state index contributed by atoms with van der Waals surface area (Å²) in [5.41, 5.74) is 3.03. The predicted molar refractivity (Wildman–Crippen MR) is 94.9 cm³/mol. The lowest BCUT2D eigenvalue weighted by atomic mass is 9.65. The van der Waals surface area contributed by atoms with Crippen LogP contribution in [0.1, 0.15) is 35.2 Å². The van der Waals surface area contributed by atoms with Crippen molar-refractivity contribution in [3.63, 3.8) is 0 Å². The van der Waals surface area contributed by atoms with Crippen molar-refractivity contribution in [1.29, 1.82) is 0 Å². The Morgan fingerprint density at radius 1 is 1.12 bits per heavy atom. The van der Waals surface area contributed by atoms with Gasteiger partial charge < -0.3 is 5.32 Å². The third-order valence-electron chi connectivity index (χ3n) is 5.18. The number of hydrogen-bond acceptors (Lipinski definition) is 2. The van der Waals surface area contributed by atoms with Gasteiger partial charge in [0, 0.05) is 11.9 Å². The van der Waals surface area contributed by atoms with E-state index in [9.17, 15) is 4.79 Å². The number of aromatic nitrogens is 2. The smallest absolute Gasteiger partial charge is 0.253 e. The summed E-state index contributed by atoms with van der Waals surface area (Å²) < 4.78 is 0. The number of amides is 1. The van der Waals surface area contributed by atoms with E-state index in [-0.39, 0.29) is 11.3 Å². The molecule has 1 heterocycles. The zero-order valence-electron chi connectivity index (χ0n) is 13.6. The molecule has 4 heteroatoms. The second-order valence-corrected chi connectivity index (χ2v) is 6.84. The fourth-order valence-electron chi connectivity index (χ4n) is 3.64. The Balaban J connectivity index is 1.47. The average molecular weight is 319 g/mol. The fraction of sp³-hybridized carbons (Fsp3) is 0.300. The molecule has 4 rings (SSSR count). The highest BCUT2D eigenvalue weighted by Gasteiger charge is 2.37. The van der Waals surface area contributed by atoms with Gasteiger partial charge in [-0.2, -0.15) is 5.10 Å². The highest BCUT2D eigenvalue weighted by Crippen LogP contribution is 2.43. The van der Waals surface area contributed by atoms with E-state index < -0.39 is 0 Å². The van der Waals surface area contributed by atoms with Crippen LogP contribution in [-0.2, 0) is 6.42 Å². The molecule has 0 unspecified atom stereocenters. The van der Waals surface area contributed by atoms with Gasteiger partial charge in [-0.15, -0.1) is 0 Å². The van der Waals surface area contributed by atoms with Crippen molar-refractivity contribution in [1.82, 2.24) is 15.5 Å². The minimum atomic E-state index is -0.0239. The number of nitrogens with zero attached hydrogens (tertiary/aromatic N) is 1. The molecule has 0 spiro atoms. The Morgan fingerprint density at radius 2 is 1.96 bits per heavy atom. The number of hydrogen-bond donors (Lipinski definition) is 2. The minimum Gasteiger partial charge on any atom is -0.351 e. The first-order chi connectivity index (χ1) is 11.8. The Kier molecular flexibility index (Phi) is 3.81. The number of H-pyrrole nitrogens is 1. The number of aromatic amines is 1. The van der Waals surface area contributed by atoms with Crippen molar-refractivity contribution >= 4 is 16.8 Å². The van der Waals surface area contributed by atoms with Crippen LogP contribution in [-0.4, -0.2) is 22.6 Å². The van der Waals surface area contributed by atoms with Crippen molar-refractivity contribution < 1.29 is 4.79 Å². The Bertz CT molecular complexity index is 849. The van der Waals surface area contributed by atoms with Crippen LogP contribution in [0, 0.1) is 5.41 Å². The molecule has 1 saturated carbocycles. The van der Waals surface area contributed by atoms with Gasteiger partial charge in [-0.25, -0.2) is 0 Å². The summed E-state index contributed by atoms with van der Waals surface area (Å²) in [5.74, 6) is -0.0239. The maximum Gasteiger partial charge on any atom is 0.253 e. The zero-order chi connectivity index (χ0) is 16.4. The van der Waals surface area contributed by atoms with Crippen molar-refractivity contribution in [2.45, 2.75) is 25.7 Å². The van der Waals surface area contributed by atoms with Gasteiger partial charge in [0.05, 0.1) is 17.3 Å². The molecule has 1 fully saturated rings. The summed E-state index contributed by atoms with van der Waals surface area (Å²) in [7, 11) is 0. The Labute approximate surface area is 141 Å². The van der Waals surface area contributed by atoms with E-state index >= 15 is 0 Å². The lowest BCUT2D eigenvalue weighted by molar-refractivity contribution is 0.0861. The van der Waals surface area contributed by atoms with E-state index in [1.165, 1.54) is 24.8 Å². The van der Waals surface area contributed by atoms with E-state index in [1.54, 1.807) is 6.20 Å². The molecule has 3 aromatic rings. The number of para-hydroxylation sites is 1. The maximum absolute atomic E-state index is 12.6. The number of fused-ring (bicyclic) bond motifs is 1. The number of nitrogens with one attached hydrogen (secondary N) is 2. The third kappa shape index (κ3) is 2.80. The number of benzene rings is 2. The van der Waals surface area contributed by atoms with Crippen LogP contribution in [0.3, 0.4) is 0 Å². The Morgan fingerprint density at radius 3 is 2.71 bits per heavy atom. The van der Waals surface area contributed by atoms with Gasteiger partial charge >= 0.3 is 0 Å². The lowest BCUT2D eigenvalue weighted by Crippen LogP contribution is -2.43. The molecule has 0 atom stereocenters. The van der Waals surface area contributed by atoms with Crippen LogP contribution in [0.4, 0.5) is 0 Å². The first-order valence-corrected chi connectivity index (χ1v) is 8.50. The third-order valence-corrected chi connectivity index (χ3v) is 5.18. The van der Waals surface area contributed by atoms with E-state index in [1.807, 2.05) is 24.3 Å². The summed E-state index contributed by atoms with van der Waals surface area (Å²) >= 11 is 0. The molecule has 0 saturated heterocycles. The van der Waals surface area contributed by atoms with Crippen LogP contribution < -0.4 is 5.32 Å². The monoisotopic (exact) mass is 319 g/mol. The van der Waals surface area contributed by atoms with Gasteiger partial charge in [-0.3, -0.25) is 9.89 Å². The second kappa shape index (κ2) is 6.11. The number of carbonyl (C=O) groups excluding carboxylic acids is 1. The molecule has 0 bridgehead atoms. The topological polar surface area (TPSA) is 57.8 Å². The second-order valence-electron chi connectivity index (χ2n) is 6.84. The largest absolute Gasteiger partial charge is 0.351 e. The summed E-state index contributed by atoms with van der Waals surface area (Å²) in [4.78, 5) is 12.6. The van der Waals surface area contributed by atoms with Gasteiger partial charge in [-0.1, -0.05) is 48.9 Å². The van der Waals surface area contributed by atoms with Crippen molar-refractivity contribution in [2.24, 2.45) is 5.41 Å². The average Bonchev–Trinajstić information content (AvgIpc) is 3.06. The molecule has 1 aliphatic rings. The zero-order valence-corrected chi connectivity index (χ0v) is 13.6. The maximum atomic E-state index is 12.6. The van der Waals surface area contributed by atoms with Crippen LogP contribution >= 0.6 is 0 Å². The van der Waals surface area contributed by atoms with Crippen LogP contribution in [0.25, 0.3) is 10.9 Å². The normalized spacial score (nSPS) is 15.8. The highest BCUT2D eigenvalue weighted by atomic mass is 16.1. The summed E-state index contributed by atoms with van der Waals surface area (Å²) in [6, 6.07) is 16.3. The molecule has 122 valence electrons. The van der Waals surface area contributed by atoms with Gasteiger partial charge in [0.1, 0.15) is 0 Å². The summed E-state index contributed by atoms with van der Waals surface area (Å²) in [6.07, 6.45) is 6.38. The lowest BCUT2D eigenvalue weighted by Gasteiger charge is -2.42. The van der Waals surface area contributed by atoms with Gasteiger partial charge in [-0.05, 0) is 36.3 Å². The van der Waals surface area contributed by atoms with Crippen molar-refractivity contribution in [3.05, 3.63) is 65.9 Å². The quantitative estimate of drug-likeness (QED) is 0.753. The Hall–Kier alpha value is -2.62. The van der Waals surface area contributed by atoms with E-state index in [2.05, 4.69) is 39.8 Å². The molecule has 2 aromatic carbocycles. The summed E-state index contributed by atoms with van der Waals surface area (Å²) in [5, 5.41) is 11.1. The molecule has 1 aromatic heterocycles. The minimum absolute atomic E-state index is 0.0239. The standard InChI is InChI=1S/C20H21N3O/c24-19(17-9-4-8-16-13-22-23-18(16)17)21-14-20(10-5-11-20)12-15-6-2-1-3-7-15/h1-4,6-9,13H,5,10-12,14H2,(H,21,24)(H,22,23). The van der Waals surface area contributed by atoms with Gasteiger partial charge in [0.2, 0.25) is 0 Å². The van der Waals surface area contributed by atoms with Gasteiger partial charge in [0.15, 0.2) is 0 Å². The molecule has 1 amide bonds. The molecular weight excluding hydrogens is 298 g/mol. The van der Waals surface area contributed by atoms with Gasteiger partial charge in [0.25, 0.3) is 5.91 Å². The number of rotatable bonds is 5. The molecule has 0 radical (unpaired) electrons. The molecule has 2 N–H and O–H groups in total. The molecule has 1 aliphatic carbocycles. The summed E-state index contributed by atoms with van der Waals surface area (Å²) in [6.45, 7) is 0.727. The predicted octanol–water partition coefficient (Wildman–Crippen LogP) is 3.71. The number of carbonyl (C=O) groups is 1. The first kappa shape index (κ1) is 14.9. The van der Waals surface area contributed by atoms with Crippen molar-refractivity contribution in [3.8, 4) is 0 Å².